The molecule has 0 saturated heterocycles. The highest BCUT2D eigenvalue weighted by Crippen LogP contribution is 2.28. The molecule has 0 unspecified atom stereocenters. The fourth-order valence-corrected chi connectivity index (χ4v) is 2.42. The van der Waals surface area contributed by atoms with Crippen LogP contribution in [0.1, 0.15) is 19.3 Å². The van der Waals surface area contributed by atoms with Crippen molar-refractivity contribution in [2.24, 2.45) is 5.92 Å². The van der Waals surface area contributed by atoms with E-state index >= 15 is 0 Å². The summed E-state index contributed by atoms with van der Waals surface area (Å²) in [6.45, 7) is 0.285. The van der Waals surface area contributed by atoms with Crippen LogP contribution in [0.4, 0.5) is 4.39 Å². The molecule has 0 bridgehead atoms. The summed E-state index contributed by atoms with van der Waals surface area (Å²) in [6.07, 6.45) is 1.85. The maximum absolute atomic E-state index is 13.0. The first-order valence-corrected chi connectivity index (χ1v) is 7.95. The number of carbonyl (C=O) groups is 2. The number of nitrogens with one attached hydrogen (secondary N) is 3. The van der Waals surface area contributed by atoms with Crippen molar-refractivity contribution in [2.75, 3.05) is 0 Å². The van der Waals surface area contributed by atoms with Gasteiger partial charge in [-0.25, -0.2) is 4.39 Å². The zero-order valence-electron chi connectivity index (χ0n) is 12.7. The molecular weight excluding hydrogens is 333 g/mol. The van der Waals surface area contributed by atoms with E-state index in [1.165, 1.54) is 12.1 Å². The van der Waals surface area contributed by atoms with Crippen LogP contribution in [-0.2, 0) is 16.1 Å². The van der Waals surface area contributed by atoms with Gasteiger partial charge in [0.15, 0.2) is 10.6 Å². The van der Waals surface area contributed by atoms with Gasteiger partial charge in [0.1, 0.15) is 5.82 Å². The Kier molecular flexibility index (Phi) is 4.70. The minimum absolute atomic E-state index is 0.0258. The Labute approximate surface area is 142 Å². The summed E-state index contributed by atoms with van der Waals surface area (Å²) < 4.78 is 15.1. The van der Waals surface area contributed by atoms with Gasteiger partial charge in [-0.15, -0.1) is 0 Å². The molecule has 24 heavy (non-hydrogen) atoms. The number of hydrogen-bond acceptors (Lipinski definition) is 4. The van der Waals surface area contributed by atoms with E-state index in [0.29, 0.717) is 16.2 Å². The lowest BCUT2D eigenvalue weighted by Gasteiger charge is -2.09. The van der Waals surface area contributed by atoms with Crippen molar-refractivity contribution in [1.82, 2.24) is 25.6 Å². The Bertz CT molecular complexity index is 810. The van der Waals surface area contributed by atoms with Crippen molar-refractivity contribution in [2.45, 2.75) is 25.8 Å². The molecule has 1 aliphatic rings. The summed E-state index contributed by atoms with van der Waals surface area (Å²) in [5.41, 5.74) is 5.48. The van der Waals surface area contributed by atoms with Crippen molar-refractivity contribution in [3.63, 3.8) is 0 Å². The van der Waals surface area contributed by atoms with Gasteiger partial charge in [-0.05, 0) is 49.3 Å². The zero-order chi connectivity index (χ0) is 17.1. The highest BCUT2D eigenvalue weighted by Gasteiger charge is 2.29. The fraction of sp³-hybridized carbons (Fsp3) is 0.333. The number of aromatic nitrogens is 3. The zero-order valence-corrected chi connectivity index (χ0v) is 13.5. The number of carbonyl (C=O) groups excluding carboxylic acids is 2. The molecule has 3 N–H and O–H groups in total. The minimum Gasteiger partial charge on any atom is -0.300 e. The molecular formula is C15H16FN5O2S. The third kappa shape index (κ3) is 3.85. The highest BCUT2D eigenvalue weighted by atomic mass is 32.1. The van der Waals surface area contributed by atoms with Gasteiger partial charge < -0.3 is 0 Å². The Hall–Kier alpha value is -2.55. The van der Waals surface area contributed by atoms with Crippen LogP contribution in [0.3, 0.4) is 0 Å². The molecule has 3 rings (SSSR count). The van der Waals surface area contributed by atoms with Gasteiger partial charge in [0.05, 0.1) is 0 Å². The van der Waals surface area contributed by atoms with Gasteiger partial charge >= 0.3 is 0 Å². The summed E-state index contributed by atoms with van der Waals surface area (Å²) in [5, 5.41) is 6.79. The van der Waals surface area contributed by atoms with Gasteiger partial charge in [-0.3, -0.25) is 30.1 Å². The van der Waals surface area contributed by atoms with Gasteiger partial charge in [0.25, 0.3) is 0 Å². The van der Waals surface area contributed by atoms with Crippen molar-refractivity contribution >= 4 is 24.0 Å². The van der Waals surface area contributed by atoms with Crippen LogP contribution in [0.15, 0.2) is 24.3 Å². The summed E-state index contributed by atoms with van der Waals surface area (Å²) in [4.78, 5) is 23.3. The molecule has 1 heterocycles. The van der Waals surface area contributed by atoms with Gasteiger partial charge in [-0.1, -0.05) is 0 Å². The number of H-pyrrole nitrogens is 1. The van der Waals surface area contributed by atoms with E-state index < -0.39 is 0 Å². The number of nitrogens with zero attached hydrogens (tertiary/aromatic N) is 2. The molecule has 1 saturated carbocycles. The van der Waals surface area contributed by atoms with Crippen LogP contribution in [-0.4, -0.2) is 26.6 Å². The van der Waals surface area contributed by atoms with E-state index in [1.54, 1.807) is 16.7 Å². The Morgan fingerprint density at radius 3 is 2.67 bits per heavy atom. The molecule has 1 aliphatic carbocycles. The van der Waals surface area contributed by atoms with E-state index in [1.807, 2.05) is 0 Å². The van der Waals surface area contributed by atoms with E-state index in [9.17, 15) is 14.0 Å². The first-order chi connectivity index (χ1) is 11.5. The Balaban J connectivity index is 1.61. The fourth-order valence-electron chi connectivity index (χ4n) is 2.20. The average Bonchev–Trinajstić information content (AvgIpc) is 3.36. The topological polar surface area (TPSA) is 91.8 Å². The number of benzene rings is 1. The first-order valence-electron chi connectivity index (χ1n) is 7.54. The highest BCUT2D eigenvalue weighted by molar-refractivity contribution is 7.71. The van der Waals surface area contributed by atoms with Gasteiger partial charge in [-0.2, -0.15) is 5.10 Å². The quantitative estimate of drug-likeness (QED) is 0.566. The van der Waals surface area contributed by atoms with E-state index in [2.05, 4.69) is 21.0 Å². The second kappa shape index (κ2) is 6.91. The smallest absolute Gasteiger partial charge is 0.241 e. The van der Waals surface area contributed by atoms with Crippen LogP contribution in [0.2, 0.25) is 0 Å². The molecule has 0 aliphatic heterocycles. The Morgan fingerprint density at radius 1 is 1.29 bits per heavy atom. The maximum atomic E-state index is 13.0. The molecule has 2 amide bonds. The second-order valence-corrected chi connectivity index (χ2v) is 5.96. The third-order valence-electron chi connectivity index (χ3n) is 3.70. The number of amides is 2. The van der Waals surface area contributed by atoms with Crippen LogP contribution in [0, 0.1) is 16.5 Å². The average molecular weight is 349 g/mol. The van der Waals surface area contributed by atoms with Crippen LogP contribution < -0.4 is 10.9 Å². The third-order valence-corrected chi connectivity index (χ3v) is 4.01. The number of hydrazine groups is 1. The van der Waals surface area contributed by atoms with Crippen molar-refractivity contribution in [3.05, 3.63) is 34.9 Å². The standard InChI is InChI=1S/C15H16FN5O2S/c16-11-5-3-9(4-6-11)13-18-20-15(24)21(13)8-7-12(22)17-19-14(23)10-1-2-10/h3-6,10H,1-2,7-8H2,(H,17,22)(H,19,23)(H,20,24). The van der Waals surface area contributed by atoms with Gasteiger partial charge in [0.2, 0.25) is 11.8 Å². The molecule has 0 atom stereocenters. The van der Waals surface area contributed by atoms with E-state index in [0.717, 1.165) is 12.8 Å². The normalized spacial score (nSPS) is 13.5. The minimum atomic E-state index is -0.342. The number of aromatic amines is 1. The van der Waals surface area contributed by atoms with Crippen molar-refractivity contribution < 1.29 is 14.0 Å². The second-order valence-electron chi connectivity index (χ2n) is 5.57. The molecule has 1 fully saturated rings. The SMILES string of the molecule is O=C(CCn1c(-c2ccc(F)cc2)n[nH]c1=S)NNC(=O)C1CC1. The van der Waals surface area contributed by atoms with E-state index in [4.69, 9.17) is 12.2 Å². The summed E-state index contributed by atoms with van der Waals surface area (Å²) >= 11 is 5.17. The predicted molar refractivity (Wildman–Crippen MR) is 86.4 cm³/mol. The summed E-state index contributed by atoms with van der Waals surface area (Å²) in [5.74, 6) is -0.273. The van der Waals surface area contributed by atoms with Crippen LogP contribution in [0.25, 0.3) is 11.4 Å². The molecule has 9 heteroatoms. The molecule has 2 aromatic rings. The predicted octanol–water partition coefficient (Wildman–Crippen LogP) is 1.69. The van der Waals surface area contributed by atoms with Gasteiger partial charge in [0, 0.05) is 24.4 Å². The lowest BCUT2D eigenvalue weighted by Crippen LogP contribution is -2.42. The number of hydrogen-bond donors (Lipinski definition) is 3. The van der Waals surface area contributed by atoms with Crippen molar-refractivity contribution in [1.29, 1.82) is 0 Å². The number of rotatable bonds is 5. The molecule has 1 aromatic carbocycles. The molecule has 7 nitrogen and oxygen atoms in total. The number of halogens is 1. The monoisotopic (exact) mass is 349 g/mol. The molecule has 0 spiro atoms. The summed E-state index contributed by atoms with van der Waals surface area (Å²) in [7, 11) is 0. The van der Waals surface area contributed by atoms with Crippen molar-refractivity contribution in [3.8, 4) is 11.4 Å². The maximum Gasteiger partial charge on any atom is 0.241 e. The van der Waals surface area contributed by atoms with Crippen LogP contribution >= 0.6 is 12.2 Å². The molecule has 0 radical (unpaired) electrons. The first kappa shape index (κ1) is 16.3. The van der Waals surface area contributed by atoms with Crippen LogP contribution in [0.5, 0.6) is 0 Å². The lowest BCUT2D eigenvalue weighted by molar-refractivity contribution is -0.129. The molecule has 126 valence electrons. The summed E-state index contributed by atoms with van der Waals surface area (Å²) in [6, 6.07) is 5.84. The van der Waals surface area contributed by atoms with E-state index in [-0.39, 0.29) is 36.5 Å². The molecule has 1 aromatic heterocycles. The largest absolute Gasteiger partial charge is 0.300 e. The lowest BCUT2D eigenvalue weighted by atomic mass is 10.2. The Morgan fingerprint density at radius 2 is 2.00 bits per heavy atom.